The lowest BCUT2D eigenvalue weighted by molar-refractivity contribution is -0.152. The first-order valence-electron chi connectivity index (χ1n) is 9.69. The van der Waals surface area contributed by atoms with Crippen LogP contribution in [0.4, 0.5) is 0 Å². The molecule has 140 valence electrons. The maximum absolute atomic E-state index is 12.9. The van der Waals surface area contributed by atoms with Crippen molar-refractivity contribution in [2.75, 3.05) is 11.5 Å². The highest BCUT2D eigenvalue weighted by Crippen LogP contribution is 2.62. The minimum absolute atomic E-state index is 0.0486. The van der Waals surface area contributed by atoms with E-state index in [1.54, 1.807) is 0 Å². The summed E-state index contributed by atoms with van der Waals surface area (Å²) >= 11 is 0. The van der Waals surface area contributed by atoms with Gasteiger partial charge in [-0.15, -0.1) is 0 Å². The second-order valence-corrected chi connectivity index (χ2v) is 12.5. The molecule has 0 spiro atoms. The number of hydrogen-bond donors (Lipinski definition) is 0. The molecule has 0 N–H and O–H groups in total. The highest BCUT2D eigenvalue weighted by Gasteiger charge is 2.60. The molecule has 6 rings (SSSR count). The third-order valence-electron chi connectivity index (χ3n) is 8.65. The molecule has 0 unspecified atom stereocenters. The van der Waals surface area contributed by atoms with E-state index >= 15 is 0 Å². The van der Waals surface area contributed by atoms with Crippen LogP contribution in [0.3, 0.4) is 0 Å². The summed E-state index contributed by atoms with van der Waals surface area (Å²) in [4.78, 5) is 24.8. The van der Waals surface area contributed by atoms with E-state index in [2.05, 4.69) is 27.7 Å². The van der Waals surface area contributed by atoms with E-state index in [4.69, 9.17) is 0 Å². The lowest BCUT2D eigenvalue weighted by atomic mass is 9.45. The van der Waals surface area contributed by atoms with Gasteiger partial charge in [-0.05, 0) is 47.3 Å². The van der Waals surface area contributed by atoms with Gasteiger partial charge in [-0.1, -0.05) is 27.7 Å². The SMILES string of the molecule is CC1(C)[C@H]2CC(=O)[C@@H](CS(=O)(=O)C[C@@H]3C(=O)C[C@H]4C[C@@H]3C4(C)C)[C@@H]1C2. The van der Waals surface area contributed by atoms with Gasteiger partial charge in [0.1, 0.15) is 11.6 Å². The Kier molecular flexibility index (Phi) is 3.66. The van der Waals surface area contributed by atoms with Crippen molar-refractivity contribution in [3.8, 4) is 0 Å². The molecule has 6 atom stereocenters. The van der Waals surface area contributed by atoms with Crippen LogP contribution in [-0.2, 0) is 19.4 Å². The molecule has 0 amide bonds. The molecule has 0 heterocycles. The van der Waals surface area contributed by atoms with Crippen molar-refractivity contribution in [2.24, 2.45) is 46.3 Å². The first kappa shape index (κ1) is 17.7. The zero-order valence-electron chi connectivity index (χ0n) is 15.7. The fourth-order valence-corrected chi connectivity index (χ4v) is 8.51. The zero-order chi connectivity index (χ0) is 18.4. The molecule has 0 aromatic heterocycles. The van der Waals surface area contributed by atoms with Crippen LogP contribution in [0.2, 0.25) is 0 Å². The summed E-state index contributed by atoms with van der Waals surface area (Å²) in [6.07, 6.45) is 3.03. The smallest absolute Gasteiger partial charge is 0.151 e. The Morgan fingerprint density at radius 1 is 0.800 bits per heavy atom. The summed E-state index contributed by atoms with van der Waals surface area (Å²) in [5.74, 6) is 0.691. The first-order chi connectivity index (χ1) is 11.4. The van der Waals surface area contributed by atoms with Crippen molar-refractivity contribution in [1.82, 2.24) is 0 Å². The fourth-order valence-electron chi connectivity index (χ4n) is 6.44. The number of hydrogen-bond acceptors (Lipinski definition) is 4. The standard InChI is InChI=1S/C20H30O4S/c1-19(2)11-5-15(19)13(17(21)7-11)9-25(23,24)10-14-16-6-12(8-18(14)22)20(16,3)4/h11-16H,5-10H2,1-4H3/t11-,12-,13+,14+,15+,16+/m1/s1. The van der Waals surface area contributed by atoms with Crippen LogP contribution in [0.5, 0.6) is 0 Å². The quantitative estimate of drug-likeness (QED) is 0.767. The van der Waals surface area contributed by atoms with Gasteiger partial charge >= 0.3 is 0 Å². The van der Waals surface area contributed by atoms with Crippen LogP contribution in [0.15, 0.2) is 0 Å². The minimum atomic E-state index is -3.41. The number of sulfone groups is 1. The van der Waals surface area contributed by atoms with Crippen molar-refractivity contribution < 1.29 is 18.0 Å². The van der Waals surface area contributed by atoms with Crippen LogP contribution >= 0.6 is 0 Å². The summed E-state index contributed by atoms with van der Waals surface area (Å²) < 4.78 is 25.8. The Labute approximate surface area is 151 Å². The van der Waals surface area contributed by atoms with E-state index in [0.29, 0.717) is 24.7 Å². The van der Waals surface area contributed by atoms with Crippen molar-refractivity contribution in [3.05, 3.63) is 0 Å². The summed E-state index contributed by atoms with van der Waals surface area (Å²) in [6.45, 7) is 8.66. The monoisotopic (exact) mass is 366 g/mol. The molecule has 25 heavy (non-hydrogen) atoms. The molecular weight excluding hydrogens is 336 g/mol. The van der Waals surface area contributed by atoms with Gasteiger partial charge in [0, 0.05) is 24.7 Å². The summed E-state index contributed by atoms with van der Waals surface area (Å²) in [5, 5.41) is 0. The van der Waals surface area contributed by atoms with Gasteiger partial charge in [0.15, 0.2) is 9.84 Å². The topological polar surface area (TPSA) is 68.3 Å². The van der Waals surface area contributed by atoms with Crippen molar-refractivity contribution in [1.29, 1.82) is 0 Å². The first-order valence-corrected chi connectivity index (χ1v) is 11.5. The number of ketones is 2. The highest BCUT2D eigenvalue weighted by atomic mass is 32.2. The lowest BCUT2D eigenvalue weighted by Crippen LogP contribution is -2.59. The van der Waals surface area contributed by atoms with E-state index in [-0.39, 0.29) is 57.6 Å². The maximum atomic E-state index is 12.9. The zero-order valence-corrected chi connectivity index (χ0v) is 16.6. The molecule has 4 nitrogen and oxygen atoms in total. The average Bonchev–Trinajstić information content (AvgIpc) is 2.49. The minimum Gasteiger partial charge on any atom is -0.299 e. The highest BCUT2D eigenvalue weighted by molar-refractivity contribution is 7.91. The molecule has 0 aliphatic heterocycles. The molecule has 6 saturated carbocycles. The third kappa shape index (κ3) is 2.48. The van der Waals surface area contributed by atoms with E-state index in [1.807, 2.05) is 0 Å². The van der Waals surface area contributed by atoms with Crippen LogP contribution in [0, 0.1) is 46.3 Å². The van der Waals surface area contributed by atoms with Crippen LogP contribution in [0.25, 0.3) is 0 Å². The Hall–Kier alpha value is -0.710. The molecule has 6 aliphatic carbocycles. The number of rotatable bonds is 4. The fraction of sp³-hybridized carbons (Fsp3) is 0.900. The van der Waals surface area contributed by atoms with Gasteiger partial charge < -0.3 is 0 Å². The van der Waals surface area contributed by atoms with E-state index in [9.17, 15) is 18.0 Å². The molecule has 5 heteroatoms. The molecule has 4 bridgehead atoms. The Morgan fingerprint density at radius 2 is 1.16 bits per heavy atom. The van der Waals surface area contributed by atoms with Crippen molar-refractivity contribution >= 4 is 21.4 Å². The summed E-state index contributed by atoms with van der Waals surface area (Å²) in [6, 6.07) is 0. The molecular formula is C20H30O4S. The number of carbonyl (C=O) groups excluding carboxylic acids is 2. The van der Waals surface area contributed by atoms with Gasteiger partial charge in [0.2, 0.25) is 0 Å². The molecule has 0 saturated heterocycles. The molecule has 0 aromatic rings. The van der Waals surface area contributed by atoms with Crippen molar-refractivity contribution in [3.63, 3.8) is 0 Å². The van der Waals surface area contributed by atoms with Gasteiger partial charge in [-0.3, -0.25) is 9.59 Å². The molecule has 6 aliphatic rings. The number of Topliss-reactive ketones (excluding diaryl/α,β-unsaturated/α-hetero) is 2. The predicted octanol–water partition coefficient (Wildman–Crippen LogP) is 2.90. The van der Waals surface area contributed by atoms with E-state index < -0.39 is 9.84 Å². The van der Waals surface area contributed by atoms with Gasteiger partial charge in [-0.2, -0.15) is 0 Å². The van der Waals surface area contributed by atoms with Crippen molar-refractivity contribution in [2.45, 2.75) is 53.4 Å². The number of fused-ring (bicyclic) bond motifs is 4. The van der Waals surface area contributed by atoms with Crippen LogP contribution < -0.4 is 0 Å². The second kappa shape index (κ2) is 5.17. The molecule has 0 aromatic carbocycles. The summed E-state index contributed by atoms with van der Waals surface area (Å²) in [5.41, 5.74) is 0.163. The Bertz CT molecular complexity index is 677. The van der Waals surface area contributed by atoms with Gasteiger partial charge in [0.05, 0.1) is 11.5 Å². The normalized spacial score (nSPS) is 44.0. The van der Waals surface area contributed by atoms with Crippen LogP contribution in [-0.4, -0.2) is 31.5 Å². The number of carbonyl (C=O) groups is 2. The van der Waals surface area contributed by atoms with Crippen LogP contribution in [0.1, 0.15) is 53.4 Å². The van der Waals surface area contributed by atoms with E-state index in [0.717, 1.165) is 12.8 Å². The van der Waals surface area contributed by atoms with Gasteiger partial charge in [-0.25, -0.2) is 8.42 Å². The third-order valence-corrected chi connectivity index (χ3v) is 10.4. The van der Waals surface area contributed by atoms with E-state index in [1.165, 1.54) is 0 Å². The second-order valence-electron chi connectivity index (χ2n) is 10.4. The summed E-state index contributed by atoms with van der Waals surface area (Å²) in [7, 11) is -3.41. The predicted molar refractivity (Wildman–Crippen MR) is 95.6 cm³/mol. The van der Waals surface area contributed by atoms with Gasteiger partial charge in [0.25, 0.3) is 0 Å². The molecule has 6 fully saturated rings. The average molecular weight is 367 g/mol. The Balaban J connectivity index is 1.49. The Morgan fingerprint density at radius 3 is 1.48 bits per heavy atom. The largest absolute Gasteiger partial charge is 0.299 e. The maximum Gasteiger partial charge on any atom is 0.151 e. The molecule has 0 radical (unpaired) electrons. The lowest BCUT2D eigenvalue weighted by Gasteiger charge is -2.60.